The second-order valence-electron chi connectivity index (χ2n) is 7.12. The largest absolute Gasteiger partial charge is 0.375 e. The molecule has 0 saturated carbocycles. The summed E-state index contributed by atoms with van der Waals surface area (Å²) < 4.78 is 36.0. The quantitative estimate of drug-likeness (QED) is 0.891. The minimum atomic E-state index is -3.57. The first kappa shape index (κ1) is 18.4. The minimum Gasteiger partial charge on any atom is -0.375 e. The maximum atomic E-state index is 12.8. The molecular weight excluding hydrogens is 314 g/mol. The van der Waals surface area contributed by atoms with Crippen molar-refractivity contribution in [2.75, 3.05) is 0 Å². The molecule has 3 atom stereocenters. The average molecular weight is 343 g/mol. The summed E-state index contributed by atoms with van der Waals surface area (Å²) in [5.74, 6) is 0.411. The minimum absolute atomic E-state index is 0.0670. The van der Waals surface area contributed by atoms with Gasteiger partial charge in [0, 0.05) is 12.6 Å². The van der Waals surface area contributed by atoms with E-state index in [2.05, 4.69) is 23.7 Å². The predicted molar refractivity (Wildman–Crippen MR) is 89.9 cm³/mol. The highest BCUT2D eigenvalue weighted by Crippen LogP contribution is 2.24. The lowest BCUT2D eigenvalue weighted by atomic mass is 10.0. The summed E-state index contributed by atoms with van der Waals surface area (Å²) in [6, 6.07) is -0.0917. The van der Waals surface area contributed by atoms with Gasteiger partial charge in [-0.2, -0.15) is 5.10 Å². The molecule has 1 saturated heterocycles. The van der Waals surface area contributed by atoms with Crippen LogP contribution in [0.15, 0.2) is 4.90 Å². The zero-order valence-corrected chi connectivity index (χ0v) is 15.8. The highest BCUT2D eigenvalue weighted by molar-refractivity contribution is 7.89. The molecule has 0 bridgehead atoms. The third-order valence-corrected chi connectivity index (χ3v) is 5.91. The lowest BCUT2D eigenvalue weighted by molar-refractivity contribution is -0.0388. The van der Waals surface area contributed by atoms with Crippen LogP contribution in [0.1, 0.15) is 51.9 Å². The molecule has 132 valence electrons. The van der Waals surface area contributed by atoms with E-state index in [0.29, 0.717) is 41.6 Å². The van der Waals surface area contributed by atoms with Crippen molar-refractivity contribution in [3.8, 4) is 0 Å². The van der Waals surface area contributed by atoms with Gasteiger partial charge in [0.15, 0.2) is 0 Å². The molecule has 7 heteroatoms. The predicted octanol–water partition coefficient (Wildman–Crippen LogP) is 2.39. The number of rotatable bonds is 5. The fourth-order valence-corrected chi connectivity index (χ4v) is 5.05. The van der Waals surface area contributed by atoms with E-state index in [0.717, 1.165) is 0 Å². The highest BCUT2D eigenvalue weighted by Gasteiger charge is 2.31. The van der Waals surface area contributed by atoms with Gasteiger partial charge in [-0.15, -0.1) is 0 Å². The van der Waals surface area contributed by atoms with Crippen molar-refractivity contribution in [3.63, 3.8) is 0 Å². The number of sulfonamides is 1. The van der Waals surface area contributed by atoms with Gasteiger partial charge in [0.25, 0.3) is 0 Å². The normalized spacial score (nSPS) is 26.0. The third kappa shape index (κ3) is 4.33. The zero-order valence-electron chi connectivity index (χ0n) is 15.0. The van der Waals surface area contributed by atoms with E-state index in [1.54, 1.807) is 11.6 Å². The molecule has 6 nitrogen and oxygen atoms in total. The van der Waals surface area contributed by atoms with Crippen molar-refractivity contribution >= 4 is 10.0 Å². The van der Waals surface area contributed by atoms with Crippen LogP contribution in [-0.4, -0.2) is 36.4 Å². The van der Waals surface area contributed by atoms with Crippen molar-refractivity contribution in [1.82, 2.24) is 14.5 Å². The van der Waals surface area contributed by atoms with Crippen LogP contribution in [0.5, 0.6) is 0 Å². The summed E-state index contributed by atoms with van der Waals surface area (Å²) in [4.78, 5) is 0.324. The van der Waals surface area contributed by atoms with E-state index >= 15 is 0 Å². The van der Waals surface area contributed by atoms with Gasteiger partial charge < -0.3 is 4.74 Å². The van der Waals surface area contributed by atoms with Crippen molar-refractivity contribution in [3.05, 3.63) is 11.4 Å². The first-order valence-corrected chi connectivity index (χ1v) is 9.80. The summed E-state index contributed by atoms with van der Waals surface area (Å²) in [5, 5.41) is 4.41. The van der Waals surface area contributed by atoms with E-state index < -0.39 is 10.0 Å². The Labute approximate surface area is 139 Å². The zero-order chi connectivity index (χ0) is 17.4. The van der Waals surface area contributed by atoms with Crippen LogP contribution < -0.4 is 4.72 Å². The van der Waals surface area contributed by atoms with E-state index in [-0.39, 0.29) is 18.2 Å². The molecule has 0 aromatic carbocycles. The van der Waals surface area contributed by atoms with Gasteiger partial charge in [-0.1, -0.05) is 13.8 Å². The fourth-order valence-electron chi connectivity index (χ4n) is 3.37. The fraction of sp³-hybridized carbons (Fsp3) is 0.812. The van der Waals surface area contributed by atoms with Gasteiger partial charge >= 0.3 is 0 Å². The molecule has 0 radical (unpaired) electrons. The Kier molecular flexibility index (Phi) is 5.53. The summed E-state index contributed by atoms with van der Waals surface area (Å²) in [7, 11) is -3.57. The third-order valence-electron chi connectivity index (χ3n) is 4.14. The molecule has 2 rings (SSSR count). The first-order valence-electron chi connectivity index (χ1n) is 8.32. The lowest BCUT2D eigenvalue weighted by Crippen LogP contribution is -2.44. The number of aromatic nitrogens is 2. The van der Waals surface area contributed by atoms with E-state index in [1.165, 1.54) is 0 Å². The van der Waals surface area contributed by atoms with Crippen molar-refractivity contribution in [2.24, 2.45) is 5.92 Å². The second kappa shape index (κ2) is 6.91. The molecule has 1 aliphatic rings. The monoisotopic (exact) mass is 343 g/mol. The summed E-state index contributed by atoms with van der Waals surface area (Å²) in [5.41, 5.74) is 1.26. The maximum absolute atomic E-state index is 12.8. The molecule has 0 amide bonds. The number of ether oxygens (including phenoxy) is 1. The van der Waals surface area contributed by atoms with E-state index in [9.17, 15) is 8.42 Å². The first-order chi connectivity index (χ1) is 10.6. The molecule has 1 aromatic rings. The Bertz CT molecular complexity index is 642. The molecule has 1 unspecified atom stereocenters. The smallest absolute Gasteiger partial charge is 0.244 e. The number of nitrogens with zero attached hydrogens (tertiary/aromatic N) is 2. The summed E-state index contributed by atoms with van der Waals surface area (Å²) in [6.45, 7) is 12.4. The van der Waals surface area contributed by atoms with Crippen LogP contribution in [-0.2, 0) is 21.3 Å². The van der Waals surface area contributed by atoms with Crippen LogP contribution >= 0.6 is 0 Å². The average Bonchev–Trinajstić information content (AvgIpc) is 2.61. The molecular formula is C16H29N3O3S. The van der Waals surface area contributed by atoms with Crippen LogP contribution in [0.4, 0.5) is 0 Å². The van der Waals surface area contributed by atoms with E-state index in [1.807, 2.05) is 20.8 Å². The van der Waals surface area contributed by atoms with Gasteiger partial charge in [-0.3, -0.25) is 4.68 Å². The Morgan fingerprint density at radius 1 is 1.26 bits per heavy atom. The topological polar surface area (TPSA) is 73.2 Å². The molecule has 1 N–H and O–H groups in total. The molecule has 2 heterocycles. The Morgan fingerprint density at radius 3 is 2.35 bits per heavy atom. The van der Waals surface area contributed by atoms with Gasteiger partial charge in [0.1, 0.15) is 4.90 Å². The Balaban J connectivity index is 2.24. The molecule has 1 aromatic heterocycles. The maximum Gasteiger partial charge on any atom is 0.244 e. The van der Waals surface area contributed by atoms with Crippen molar-refractivity contribution < 1.29 is 13.2 Å². The molecule has 0 aliphatic carbocycles. The number of hydrogen-bond donors (Lipinski definition) is 1. The van der Waals surface area contributed by atoms with E-state index in [4.69, 9.17) is 4.74 Å². The molecule has 23 heavy (non-hydrogen) atoms. The van der Waals surface area contributed by atoms with Crippen molar-refractivity contribution in [2.45, 2.75) is 84.1 Å². The van der Waals surface area contributed by atoms with Crippen LogP contribution in [0, 0.1) is 19.8 Å². The number of hydrogen-bond acceptors (Lipinski definition) is 4. The highest BCUT2D eigenvalue weighted by atomic mass is 32.2. The standard InChI is InChI=1S/C16H29N3O3S/c1-10(2)9-19-14(6)16(13(5)17-19)23(20,21)18-15-7-11(3)22-12(4)8-15/h10-12,15,18H,7-9H2,1-6H3/t11-,12+,15?. The molecule has 1 fully saturated rings. The summed E-state index contributed by atoms with van der Waals surface area (Å²) >= 11 is 0. The SMILES string of the molecule is Cc1nn(CC(C)C)c(C)c1S(=O)(=O)NC1C[C@@H](C)O[C@@H](C)C1. The van der Waals surface area contributed by atoms with Gasteiger partial charge in [0.05, 0.1) is 23.6 Å². The van der Waals surface area contributed by atoms with Crippen LogP contribution in [0.3, 0.4) is 0 Å². The summed E-state index contributed by atoms with van der Waals surface area (Å²) in [6.07, 6.45) is 1.53. The number of nitrogens with one attached hydrogen (secondary N) is 1. The molecule has 0 spiro atoms. The van der Waals surface area contributed by atoms with Gasteiger partial charge in [0.2, 0.25) is 10.0 Å². The lowest BCUT2D eigenvalue weighted by Gasteiger charge is -2.32. The number of aryl methyl sites for hydroxylation is 1. The van der Waals surface area contributed by atoms with Crippen molar-refractivity contribution in [1.29, 1.82) is 0 Å². The Morgan fingerprint density at radius 2 is 1.83 bits per heavy atom. The molecule has 1 aliphatic heterocycles. The second-order valence-corrected chi connectivity index (χ2v) is 8.77. The van der Waals surface area contributed by atoms with Gasteiger partial charge in [-0.05, 0) is 46.5 Å². The Hall–Kier alpha value is -0.920. The van der Waals surface area contributed by atoms with Crippen LogP contribution in [0.25, 0.3) is 0 Å². The van der Waals surface area contributed by atoms with Crippen LogP contribution in [0.2, 0.25) is 0 Å². The van der Waals surface area contributed by atoms with Gasteiger partial charge in [-0.25, -0.2) is 13.1 Å².